The molecule has 1 aromatic carbocycles. The Bertz CT molecular complexity index is 630. The highest BCUT2D eigenvalue weighted by molar-refractivity contribution is 5.75. The highest BCUT2D eigenvalue weighted by Crippen LogP contribution is 2.26. The van der Waals surface area contributed by atoms with Gasteiger partial charge in [0, 0.05) is 12.1 Å². The molecule has 2 amide bonds. The van der Waals surface area contributed by atoms with Crippen molar-refractivity contribution < 1.29 is 19.1 Å². The molecule has 6 nitrogen and oxygen atoms in total. The summed E-state index contributed by atoms with van der Waals surface area (Å²) >= 11 is 0. The van der Waals surface area contributed by atoms with Crippen LogP contribution in [0.25, 0.3) is 0 Å². The van der Waals surface area contributed by atoms with Gasteiger partial charge in [-0.25, -0.2) is 9.18 Å². The quantitative estimate of drug-likeness (QED) is 0.704. The van der Waals surface area contributed by atoms with Gasteiger partial charge in [-0.05, 0) is 50.9 Å². The topological polar surface area (TPSA) is 81.7 Å². The van der Waals surface area contributed by atoms with Gasteiger partial charge >= 0.3 is 12.0 Å². The Balaban J connectivity index is 1.83. The van der Waals surface area contributed by atoms with Crippen LogP contribution in [0.2, 0.25) is 0 Å². The third kappa shape index (κ3) is 5.16. The fraction of sp³-hybridized carbons (Fsp3) is 0.556. The predicted octanol–water partition coefficient (Wildman–Crippen LogP) is 2.30. The van der Waals surface area contributed by atoms with E-state index < -0.39 is 11.5 Å². The first-order valence-electron chi connectivity index (χ1n) is 8.52. The van der Waals surface area contributed by atoms with Crippen LogP contribution in [0.4, 0.5) is 9.18 Å². The fourth-order valence-corrected chi connectivity index (χ4v) is 3.13. The van der Waals surface area contributed by atoms with Gasteiger partial charge in [0.25, 0.3) is 0 Å². The lowest BCUT2D eigenvalue weighted by molar-refractivity contribution is -0.139. The Hall–Kier alpha value is -2.15. The number of nitrogens with one attached hydrogen (secondary N) is 2. The molecule has 0 atom stereocenters. The van der Waals surface area contributed by atoms with E-state index in [-0.39, 0.29) is 30.5 Å². The van der Waals surface area contributed by atoms with Gasteiger partial charge in [-0.1, -0.05) is 19.1 Å². The molecule has 7 heteroatoms. The first-order valence-corrected chi connectivity index (χ1v) is 8.52. The number of carboxylic acids is 1. The molecule has 1 saturated carbocycles. The molecule has 1 aliphatic carbocycles. The molecule has 1 aromatic rings. The van der Waals surface area contributed by atoms with Crippen molar-refractivity contribution in [2.45, 2.75) is 51.2 Å². The van der Waals surface area contributed by atoms with Crippen LogP contribution in [0.3, 0.4) is 0 Å². The van der Waals surface area contributed by atoms with Crippen LogP contribution in [0.1, 0.15) is 39.2 Å². The molecule has 138 valence electrons. The van der Waals surface area contributed by atoms with Crippen molar-refractivity contribution in [1.82, 2.24) is 15.5 Å². The zero-order valence-electron chi connectivity index (χ0n) is 14.9. The number of nitrogens with zero attached hydrogens (tertiary/aromatic N) is 1. The molecular weight excluding hydrogens is 325 g/mol. The number of hydrogen-bond acceptors (Lipinski definition) is 3. The van der Waals surface area contributed by atoms with E-state index in [0.29, 0.717) is 12.1 Å². The molecule has 25 heavy (non-hydrogen) atoms. The summed E-state index contributed by atoms with van der Waals surface area (Å²) in [5, 5.41) is 14.7. The van der Waals surface area contributed by atoms with Crippen LogP contribution in [0, 0.1) is 5.82 Å². The van der Waals surface area contributed by atoms with E-state index >= 15 is 0 Å². The summed E-state index contributed by atoms with van der Waals surface area (Å²) in [6.45, 7) is 6.25. The van der Waals surface area contributed by atoms with Crippen molar-refractivity contribution >= 4 is 12.0 Å². The highest BCUT2D eigenvalue weighted by atomic mass is 19.1. The number of hydrogen-bond donors (Lipinski definition) is 3. The summed E-state index contributed by atoms with van der Waals surface area (Å²) in [6, 6.07) is 6.06. The molecule has 0 spiro atoms. The minimum Gasteiger partial charge on any atom is -0.480 e. The molecule has 1 aliphatic rings. The number of benzene rings is 1. The number of carboxylic acid groups (broad SMARTS) is 1. The summed E-state index contributed by atoms with van der Waals surface area (Å²) in [6.07, 6.45) is 1.46. The van der Waals surface area contributed by atoms with E-state index in [1.165, 1.54) is 12.1 Å². The Labute approximate surface area is 147 Å². The lowest BCUT2D eigenvalue weighted by Gasteiger charge is -2.42. The van der Waals surface area contributed by atoms with Crippen molar-refractivity contribution in [3.05, 3.63) is 35.6 Å². The van der Waals surface area contributed by atoms with Gasteiger partial charge in [-0.15, -0.1) is 0 Å². The number of amides is 2. The molecule has 0 aromatic heterocycles. The number of halogens is 1. The minimum absolute atomic E-state index is 0.0205. The van der Waals surface area contributed by atoms with E-state index in [0.717, 1.165) is 12.8 Å². The molecular formula is C18H26FN3O3. The third-order valence-electron chi connectivity index (χ3n) is 4.68. The maximum Gasteiger partial charge on any atom is 0.317 e. The van der Waals surface area contributed by atoms with Crippen molar-refractivity contribution in [1.29, 1.82) is 0 Å². The van der Waals surface area contributed by atoms with Crippen LogP contribution in [-0.2, 0) is 10.3 Å². The maximum absolute atomic E-state index is 13.4. The van der Waals surface area contributed by atoms with Crippen molar-refractivity contribution in [3.8, 4) is 0 Å². The first-order chi connectivity index (χ1) is 11.7. The molecule has 2 rings (SSSR count). The maximum atomic E-state index is 13.4. The van der Waals surface area contributed by atoms with Crippen LogP contribution in [-0.4, -0.2) is 47.2 Å². The summed E-state index contributed by atoms with van der Waals surface area (Å²) < 4.78 is 13.4. The van der Waals surface area contributed by atoms with Gasteiger partial charge in [0.1, 0.15) is 5.82 Å². The molecule has 0 saturated heterocycles. The van der Waals surface area contributed by atoms with Gasteiger partial charge in [0.15, 0.2) is 0 Å². The van der Waals surface area contributed by atoms with Crippen LogP contribution < -0.4 is 10.6 Å². The molecule has 1 fully saturated rings. The molecule has 0 unspecified atom stereocenters. The molecule has 0 bridgehead atoms. The Morgan fingerprint density at radius 2 is 2.04 bits per heavy atom. The third-order valence-corrected chi connectivity index (χ3v) is 4.68. The van der Waals surface area contributed by atoms with E-state index in [4.69, 9.17) is 5.11 Å². The summed E-state index contributed by atoms with van der Waals surface area (Å²) in [7, 11) is 0. The lowest BCUT2D eigenvalue weighted by Crippen LogP contribution is -2.57. The first kappa shape index (κ1) is 19.2. The van der Waals surface area contributed by atoms with Crippen molar-refractivity contribution in [3.63, 3.8) is 0 Å². The van der Waals surface area contributed by atoms with Gasteiger partial charge in [-0.3, -0.25) is 9.69 Å². The number of carbonyl (C=O) groups is 2. The Morgan fingerprint density at radius 3 is 2.60 bits per heavy atom. The van der Waals surface area contributed by atoms with Gasteiger partial charge < -0.3 is 15.7 Å². The van der Waals surface area contributed by atoms with Crippen LogP contribution >= 0.6 is 0 Å². The fourth-order valence-electron chi connectivity index (χ4n) is 3.13. The van der Waals surface area contributed by atoms with Crippen molar-refractivity contribution in [2.24, 2.45) is 0 Å². The number of aliphatic carboxylic acids is 1. The highest BCUT2D eigenvalue weighted by Gasteiger charge is 2.35. The molecule has 0 heterocycles. The normalized spacial score (nSPS) is 20.0. The molecule has 0 aliphatic heterocycles. The molecule has 3 N–H and O–H groups in total. The number of carbonyl (C=O) groups excluding carboxylic acids is 1. The Morgan fingerprint density at radius 1 is 1.36 bits per heavy atom. The van der Waals surface area contributed by atoms with E-state index in [9.17, 15) is 14.0 Å². The van der Waals surface area contributed by atoms with Crippen LogP contribution in [0.5, 0.6) is 0 Å². The second-order valence-corrected chi connectivity index (χ2v) is 7.01. The summed E-state index contributed by atoms with van der Waals surface area (Å²) in [4.78, 5) is 25.0. The number of urea groups is 1. The van der Waals surface area contributed by atoms with Gasteiger partial charge in [-0.2, -0.15) is 0 Å². The Kier molecular flexibility index (Phi) is 6.00. The van der Waals surface area contributed by atoms with E-state index in [1.54, 1.807) is 12.1 Å². The summed E-state index contributed by atoms with van der Waals surface area (Å²) in [5.41, 5.74) is -0.0126. The van der Waals surface area contributed by atoms with Crippen LogP contribution in [0.15, 0.2) is 24.3 Å². The standard InChI is InChI=1S/C18H26FN3O3/c1-4-22(11-16(23)24)15-9-14(10-15)20-17(25)21-18(2,3)12-6-5-7-13(19)8-12/h5-8,14-15H,4,9-11H2,1-3H3,(H,23,24)(H2,20,21,25). The minimum atomic E-state index is -0.840. The largest absolute Gasteiger partial charge is 0.480 e. The van der Waals surface area contributed by atoms with Crippen molar-refractivity contribution in [2.75, 3.05) is 13.1 Å². The zero-order chi connectivity index (χ0) is 18.6. The number of rotatable bonds is 7. The monoisotopic (exact) mass is 351 g/mol. The smallest absolute Gasteiger partial charge is 0.317 e. The summed E-state index contributed by atoms with van der Waals surface area (Å²) in [5.74, 6) is -1.18. The predicted molar refractivity (Wildman–Crippen MR) is 92.8 cm³/mol. The second-order valence-electron chi connectivity index (χ2n) is 7.01. The van der Waals surface area contributed by atoms with Gasteiger partial charge in [0.05, 0.1) is 12.1 Å². The number of likely N-dealkylation sites (N-methyl/N-ethyl adjacent to an activating group) is 1. The second kappa shape index (κ2) is 7.82. The average molecular weight is 351 g/mol. The SMILES string of the molecule is CCN(CC(=O)O)C1CC(NC(=O)NC(C)(C)c2cccc(F)c2)C1. The van der Waals surface area contributed by atoms with Gasteiger partial charge in [0.2, 0.25) is 0 Å². The zero-order valence-corrected chi connectivity index (χ0v) is 14.9. The lowest BCUT2D eigenvalue weighted by atomic mass is 9.85. The average Bonchev–Trinajstić information content (AvgIpc) is 2.48. The molecule has 0 radical (unpaired) electrons. The van der Waals surface area contributed by atoms with E-state index in [2.05, 4.69) is 10.6 Å². The van der Waals surface area contributed by atoms with E-state index in [1.807, 2.05) is 25.7 Å².